The second kappa shape index (κ2) is 7.09. The quantitative estimate of drug-likeness (QED) is 0.821. The maximum Gasteiger partial charge on any atom is 0.273 e. The molecule has 1 aliphatic rings. The van der Waals surface area contributed by atoms with Crippen LogP contribution < -0.4 is 5.32 Å². The summed E-state index contributed by atoms with van der Waals surface area (Å²) in [6.45, 7) is 0.910. The van der Waals surface area contributed by atoms with Crippen molar-refractivity contribution in [3.8, 4) is 0 Å². The lowest BCUT2D eigenvalue weighted by Crippen LogP contribution is -2.40. The van der Waals surface area contributed by atoms with Gasteiger partial charge in [0.1, 0.15) is 6.61 Å². The van der Waals surface area contributed by atoms with Crippen LogP contribution in [0.25, 0.3) is 0 Å². The largest absolute Gasteiger partial charge is 0.377 e. The Bertz CT molecular complexity index is 441. The first-order chi connectivity index (χ1) is 9.69. The maximum absolute atomic E-state index is 12.0. The van der Waals surface area contributed by atoms with Gasteiger partial charge in [-0.3, -0.25) is 4.79 Å². The van der Waals surface area contributed by atoms with E-state index in [0.717, 1.165) is 12.8 Å². The lowest BCUT2D eigenvalue weighted by atomic mass is 9.75. The molecule has 6 heteroatoms. The van der Waals surface area contributed by atoms with E-state index in [1.165, 1.54) is 19.3 Å². The normalized spacial score (nSPS) is 17.9. The van der Waals surface area contributed by atoms with Crippen molar-refractivity contribution in [3.63, 3.8) is 0 Å². The molecule has 1 aliphatic carbocycles. The van der Waals surface area contributed by atoms with Gasteiger partial charge in [-0.1, -0.05) is 24.4 Å². The smallest absolute Gasteiger partial charge is 0.273 e. The van der Waals surface area contributed by atoms with Crippen LogP contribution in [0.15, 0.2) is 10.6 Å². The van der Waals surface area contributed by atoms with Gasteiger partial charge in [-0.25, -0.2) is 0 Å². The van der Waals surface area contributed by atoms with Crippen molar-refractivity contribution in [3.05, 3.63) is 17.5 Å². The first kappa shape index (κ1) is 15.3. The number of rotatable bonds is 6. The number of ether oxygens (including phenoxy) is 1. The minimum atomic E-state index is -0.217. The number of hydrogen-bond donors (Lipinski definition) is 1. The molecule has 1 aromatic rings. The summed E-state index contributed by atoms with van der Waals surface area (Å²) >= 11 is 6.11. The Hall–Kier alpha value is -1.07. The molecule has 5 nitrogen and oxygen atoms in total. The maximum atomic E-state index is 12.0. The van der Waals surface area contributed by atoms with Crippen LogP contribution in [0.3, 0.4) is 0 Å². The molecule has 20 heavy (non-hydrogen) atoms. The summed E-state index contributed by atoms with van der Waals surface area (Å²) in [5.74, 6) is 0.912. The highest BCUT2D eigenvalue weighted by atomic mass is 35.5. The summed E-state index contributed by atoms with van der Waals surface area (Å²) < 4.78 is 9.93. The number of hydrogen-bond acceptors (Lipinski definition) is 4. The monoisotopic (exact) mass is 300 g/mol. The van der Waals surface area contributed by atoms with Crippen molar-refractivity contribution in [2.24, 2.45) is 5.41 Å². The van der Waals surface area contributed by atoms with E-state index in [-0.39, 0.29) is 17.0 Å². The minimum absolute atomic E-state index is 0.0363. The third-order valence-electron chi connectivity index (χ3n) is 3.90. The third kappa shape index (κ3) is 3.73. The Morgan fingerprint density at radius 3 is 2.90 bits per heavy atom. The van der Waals surface area contributed by atoms with Crippen LogP contribution in [-0.4, -0.2) is 30.6 Å². The molecule has 0 atom stereocenters. The van der Waals surface area contributed by atoms with Gasteiger partial charge < -0.3 is 14.6 Å². The molecule has 0 unspecified atom stereocenters. The average molecular weight is 301 g/mol. The summed E-state index contributed by atoms with van der Waals surface area (Å²) in [7, 11) is 1.57. The van der Waals surface area contributed by atoms with Crippen LogP contribution in [0.4, 0.5) is 0 Å². The third-order valence-corrected chi connectivity index (χ3v) is 4.47. The number of carbonyl (C=O) groups is 1. The molecular weight excluding hydrogens is 280 g/mol. The molecule has 0 radical (unpaired) electrons. The van der Waals surface area contributed by atoms with E-state index in [4.69, 9.17) is 20.9 Å². The summed E-state index contributed by atoms with van der Waals surface area (Å²) in [6, 6.07) is 1.60. The molecule has 112 valence electrons. The number of nitrogens with one attached hydrogen (secondary N) is 1. The van der Waals surface area contributed by atoms with Crippen LogP contribution in [-0.2, 0) is 11.3 Å². The van der Waals surface area contributed by atoms with Crippen molar-refractivity contribution in [2.75, 3.05) is 19.5 Å². The second-order valence-corrected chi connectivity index (χ2v) is 5.76. The molecule has 1 N–H and O–H groups in total. The van der Waals surface area contributed by atoms with Gasteiger partial charge in [0.2, 0.25) is 0 Å². The first-order valence-corrected chi connectivity index (χ1v) is 7.51. The highest BCUT2D eigenvalue weighted by molar-refractivity contribution is 6.18. The fourth-order valence-electron chi connectivity index (χ4n) is 2.65. The Morgan fingerprint density at radius 2 is 2.25 bits per heavy atom. The number of alkyl halides is 1. The van der Waals surface area contributed by atoms with E-state index < -0.39 is 0 Å². The molecule has 1 heterocycles. The summed E-state index contributed by atoms with van der Waals surface area (Å²) in [6.07, 6.45) is 5.78. The molecule has 1 fully saturated rings. The molecule has 0 aliphatic heterocycles. The van der Waals surface area contributed by atoms with Gasteiger partial charge in [-0.05, 0) is 12.8 Å². The van der Waals surface area contributed by atoms with Gasteiger partial charge in [-0.2, -0.15) is 0 Å². The molecule has 0 spiro atoms. The van der Waals surface area contributed by atoms with E-state index >= 15 is 0 Å². The Morgan fingerprint density at radius 1 is 1.50 bits per heavy atom. The average Bonchev–Trinajstić information content (AvgIpc) is 2.95. The molecule has 1 amide bonds. The molecule has 1 saturated carbocycles. The topological polar surface area (TPSA) is 64.4 Å². The number of halogens is 1. The van der Waals surface area contributed by atoms with Gasteiger partial charge in [0.25, 0.3) is 5.91 Å². The van der Waals surface area contributed by atoms with Crippen molar-refractivity contribution in [1.29, 1.82) is 0 Å². The van der Waals surface area contributed by atoms with Crippen LogP contribution >= 0.6 is 11.6 Å². The predicted octanol–water partition coefficient (Wildman–Crippen LogP) is 2.74. The Labute approximate surface area is 124 Å². The van der Waals surface area contributed by atoms with Gasteiger partial charge in [0.15, 0.2) is 11.5 Å². The number of amides is 1. The molecule has 0 bridgehead atoms. The van der Waals surface area contributed by atoms with Crippen molar-refractivity contribution in [1.82, 2.24) is 10.5 Å². The molecule has 1 aromatic heterocycles. The van der Waals surface area contributed by atoms with Crippen molar-refractivity contribution in [2.45, 2.75) is 38.7 Å². The highest BCUT2D eigenvalue weighted by Crippen LogP contribution is 2.36. The zero-order valence-electron chi connectivity index (χ0n) is 11.8. The van der Waals surface area contributed by atoms with Crippen LogP contribution in [0, 0.1) is 5.41 Å². The summed E-state index contributed by atoms with van der Waals surface area (Å²) in [5.41, 5.74) is 0.326. The van der Waals surface area contributed by atoms with E-state index in [1.54, 1.807) is 13.2 Å². The fourth-order valence-corrected chi connectivity index (χ4v) is 3.01. The number of nitrogens with zero attached hydrogens (tertiary/aromatic N) is 1. The Kier molecular flexibility index (Phi) is 5.43. The van der Waals surface area contributed by atoms with E-state index in [1.807, 2.05) is 0 Å². The van der Waals surface area contributed by atoms with E-state index in [2.05, 4.69) is 10.5 Å². The zero-order chi connectivity index (χ0) is 14.4. The zero-order valence-corrected chi connectivity index (χ0v) is 12.5. The fraction of sp³-hybridized carbons (Fsp3) is 0.714. The minimum Gasteiger partial charge on any atom is -0.377 e. The van der Waals surface area contributed by atoms with Crippen LogP contribution in [0.5, 0.6) is 0 Å². The van der Waals surface area contributed by atoms with E-state index in [0.29, 0.717) is 24.8 Å². The summed E-state index contributed by atoms with van der Waals surface area (Å²) in [4.78, 5) is 12.0. The van der Waals surface area contributed by atoms with Crippen molar-refractivity contribution >= 4 is 17.5 Å². The van der Waals surface area contributed by atoms with Crippen LogP contribution in [0.2, 0.25) is 0 Å². The lowest BCUT2D eigenvalue weighted by molar-refractivity contribution is 0.0911. The molecule has 0 saturated heterocycles. The lowest BCUT2D eigenvalue weighted by Gasteiger charge is -2.35. The second-order valence-electron chi connectivity index (χ2n) is 5.49. The van der Waals surface area contributed by atoms with Gasteiger partial charge in [-0.15, -0.1) is 11.6 Å². The molecule has 2 rings (SSSR count). The summed E-state index contributed by atoms with van der Waals surface area (Å²) in [5, 5.41) is 6.68. The Balaban J connectivity index is 1.89. The number of carbonyl (C=O) groups excluding carboxylic acids is 1. The number of methoxy groups -OCH3 is 1. The molecular formula is C14H21ClN2O3. The van der Waals surface area contributed by atoms with Crippen molar-refractivity contribution < 1.29 is 14.1 Å². The standard InChI is InChI=1S/C14H21ClN2O3/c1-19-8-11-7-12(17-20-11)13(18)16-10-14(9-15)5-3-2-4-6-14/h7H,2-6,8-10H2,1H3,(H,16,18). The SMILES string of the molecule is COCc1cc(C(=O)NCC2(CCl)CCCCC2)no1. The number of aromatic nitrogens is 1. The first-order valence-electron chi connectivity index (χ1n) is 6.98. The van der Waals surface area contributed by atoms with Crippen LogP contribution in [0.1, 0.15) is 48.4 Å². The van der Waals surface area contributed by atoms with Gasteiger partial charge >= 0.3 is 0 Å². The predicted molar refractivity (Wildman–Crippen MR) is 75.8 cm³/mol. The van der Waals surface area contributed by atoms with E-state index in [9.17, 15) is 4.79 Å². The van der Waals surface area contributed by atoms with Gasteiger partial charge in [0, 0.05) is 31.0 Å². The molecule has 0 aromatic carbocycles. The highest BCUT2D eigenvalue weighted by Gasteiger charge is 2.31. The van der Waals surface area contributed by atoms with Gasteiger partial charge in [0.05, 0.1) is 0 Å².